The van der Waals surface area contributed by atoms with Crippen LogP contribution in [-0.2, 0) is 9.47 Å². The van der Waals surface area contributed by atoms with E-state index in [1.165, 1.54) is 32.6 Å². The minimum Gasteiger partial charge on any atom is -0.341 e. The molecule has 0 aliphatic carbocycles. The van der Waals surface area contributed by atoms with E-state index in [1.807, 2.05) is 0 Å². The van der Waals surface area contributed by atoms with E-state index in [0.717, 1.165) is 32.1 Å². The molecule has 0 aromatic heterocycles. The second-order valence-electron chi connectivity index (χ2n) is 9.31. The van der Waals surface area contributed by atoms with Crippen molar-refractivity contribution in [2.24, 2.45) is 5.41 Å². The molecule has 30 heavy (non-hydrogen) atoms. The van der Waals surface area contributed by atoms with Crippen molar-refractivity contribution in [3.05, 3.63) is 0 Å². The molecule has 182 valence electrons. The van der Waals surface area contributed by atoms with Crippen LogP contribution in [0.2, 0.25) is 0 Å². The molecule has 0 amide bonds. The third-order valence-electron chi connectivity index (χ3n) is 5.02. The Morgan fingerprint density at radius 1 is 0.533 bits per heavy atom. The minimum absolute atomic E-state index is 0.0163. The fraction of sp³-hybridized carbons (Fsp3) is 1.00. The Balaban J connectivity index is 4.14. The molecule has 0 unspecified atom stereocenters. The van der Waals surface area contributed by atoms with Gasteiger partial charge in [-0.25, -0.2) is 0 Å². The van der Waals surface area contributed by atoms with Gasteiger partial charge in [-0.1, -0.05) is 79.1 Å². The van der Waals surface area contributed by atoms with Gasteiger partial charge < -0.3 is 9.47 Å². The van der Waals surface area contributed by atoms with Crippen LogP contribution in [0.4, 0.5) is 26.3 Å². The molecule has 0 saturated heterocycles. The molecule has 0 fully saturated rings. The van der Waals surface area contributed by atoms with E-state index in [-0.39, 0.29) is 12.8 Å². The molecule has 0 aromatic rings. The molecule has 0 bridgehead atoms. The van der Waals surface area contributed by atoms with Gasteiger partial charge in [0.2, 0.25) is 0 Å². The number of unbranched alkanes of at least 4 members (excludes halogenated alkanes) is 8. The van der Waals surface area contributed by atoms with Crippen molar-refractivity contribution in [2.45, 2.75) is 123 Å². The molecule has 2 nitrogen and oxygen atoms in total. The molecule has 0 aliphatic rings. The molecule has 0 atom stereocenters. The van der Waals surface area contributed by atoms with Crippen molar-refractivity contribution in [3.8, 4) is 0 Å². The summed E-state index contributed by atoms with van der Waals surface area (Å²) in [7, 11) is 0. The smallest absolute Gasteiger partial charge is 0.341 e. The van der Waals surface area contributed by atoms with Crippen molar-refractivity contribution in [3.63, 3.8) is 0 Å². The van der Waals surface area contributed by atoms with Gasteiger partial charge in [0.25, 0.3) is 0 Å². The van der Waals surface area contributed by atoms with Gasteiger partial charge in [-0.2, -0.15) is 26.3 Å². The van der Waals surface area contributed by atoms with Crippen LogP contribution in [0.3, 0.4) is 0 Å². The largest absolute Gasteiger partial charge is 0.411 e. The Labute approximate surface area is 178 Å². The highest BCUT2D eigenvalue weighted by molar-refractivity contribution is 4.71. The molecule has 0 rings (SSSR count). The standard InChI is InChI=1S/C22H40F6O2/c1-5-20(29-17-21(23,24)25,30-18-22(26,27)28)16-14-12-10-8-6-7-9-11-13-15-19(2,3)4/h5-18H2,1-4H3. The van der Waals surface area contributed by atoms with Crippen LogP contribution in [0.25, 0.3) is 0 Å². The van der Waals surface area contributed by atoms with E-state index in [2.05, 4.69) is 20.8 Å². The van der Waals surface area contributed by atoms with Gasteiger partial charge in [-0.15, -0.1) is 0 Å². The monoisotopic (exact) mass is 450 g/mol. The molecule has 0 aliphatic heterocycles. The van der Waals surface area contributed by atoms with Gasteiger partial charge in [0.15, 0.2) is 5.79 Å². The first-order valence-corrected chi connectivity index (χ1v) is 11.1. The van der Waals surface area contributed by atoms with Gasteiger partial charge in [0.1, 0.15) is 13.2 Å². The lowest BCUT2D eigenvalue weighted by Gasteiger charge is -2.33. The van der Waals surface area contributed by atoms with Crippen LogP contribution in [0.1, 0.15) is 105 Å². The lowest BCUT2D eigenvalue weighted by Crippen LogP contribution is -2.41. The summed E-state index contributed by atoms with van der Waals surface area (Å²) in [6.45, 7) is 4.96. The number of rotatable bonds is 16. The van der Waals surface area contributed by atoms with E-state index in [1.54, 1.807) is 0 Å². The normalized spacial score (nSPS) is 13.8. The first kappa shape index (κ1) is 29.5. The highest BCUT2D eigenvalue weighted by atomic mass is 19.4. The quantitative estimate of drug-likeness (QED) is 0.133. The summed E-state index contributed by atoms with van der Waals surface area (Å²) in [5.74, 6) is -1.85. The lowest BCUT2D eigenvalue weighted by atomic mass is 9.89. The summed E-state index contributed by atoms with van der Waals surface area (Å²) in [4.78, 5) is 0. The maximum absolute atomic E-state index is 12.5. The third-order valence-corrected chi connectivity index (χ3v) is 5.02. The van der Waals surface area contributed by atoms with Gasteiger partial charge >= 0.3 is 12.4 Å². The van der Waals surface area contributed by atoms with Crippen LogP contribution in [0, 0.1) is 5.41 Å². The highest BCUT2D eigenvalue weighted by Crippen LogP contribution is 2.31. The molecule has 0 spiro atoms. The minimum atomic E-state index is -4.62. The average molecular weight is 451 g/mol. The van der Waals surface area contributed by atoms with Crippen molar-refractivity contribution in [1.29, 1.82) is 0 Å². The molecular weight excluding hydrogens is 410 g/mol. The zero-order valence-corrected chi connectivity index (χ0v) is 19.0. The molecule has 0 N–H and O–H groups in total. The SMILES string of the molecule is CCC(CCCCCCCCCCCC(C)(C)C)(OCC(F)(F)F)OCC(F)(F)F. The lowest BCUT2D eigenvalue weighted by molar-refractivity contribution is -0.313. The summed E-state index contributed by atoms with van der Waals surface area (Å²) >= 11 is 0. The summed E-state index contributed by atoms with van der Waals surface area (Å²) in [6.07, 6.45) is 0.972. The first-order valence-electron chi connectivity index (χ1n) is 11.1. The Morgan fingerprint density at radius 2 is 0.867 bits per heavy atom. The Hall–Kier alpha value is -0.500. The van der Waals surface area contributed by atoms with E-state index in [9.17, 15) is 26.3 Å². The molecule has 8 heteroatoms. The van der Waals surface area contributed by atoms with E-state index < -0.39 is 31.4 Å². The number of alkyl halides is 6. The van der Waals surface area contributed by atoms with Crippen molar-refractivity contribution < 1.29 is 35.8 Å². The summed E-state index contributed by atoms with van der Waals surface area (Å²) < 4.78 is 84.5. The summed E-state index contributed by atoms with van der Waals surface area (Å²) in [6, 6.07) is 0. The van der Waals surface area contributed by atoms with Crippen molar-refractivity contribution in [1.82, 2.24) is 0 Å². The zero-order chi connectivity index (χ0) is 23.3. The fourth-order valence-corrected chi connectivity index (χ4v) is 3.28. The zero-order valence-electron chi connectivity index (χ0n) is 19.0. The third kappa shape index (κ3) is 18.3. The number of hydrogen-bond donors (Lipinski definition) is 0. The van der Waals surface area contributed by atoms with Crippen LogP contribution >= 0.6 is 0 Å². The van der Waals surface area contributed by atoms with E-state index in [4.69, 9.17) is 9.47 Å². The maximum Gasteiger partial charge on any atom is 0.411 e. The van der Waals surface area contributed by atoms with E-state index in [0.29, 0.717) is 11.8 Å². The Morgan fingerprint density at radius 3 is 1.17 bits per heavy atom. The average Bonchev–Trinajstić information content (AvgIpc) is 2.59. The molecule has 0 aromatic carbocycles. The van der Waals surface area contributed by atoms with Gasteiger partial charge in [0, 0.05) is 6.42 Å². The maximum atomic E-state index is 12.5. The van der Waals surface area contributed by atoms with Crippen molar-refractivity contribution in [2.75, 3.05) is 13.2 Å². The first-order chi connectivity index (χ1) is 13.7. The van der Waals surface area contributed by atoms with Crippen LogP contribution in [-0.4, -0.2) is 31.4 Å². The number of hydrogen-bond acceptors (Lipinski definition) is 2. The molecule has 0 radical (unpaired) electrons. The van der Waals surface area contributed by atoms with Gasteiger partial charge in [0.05, 0.1) is 0 Å². The fourth-order valence-electron chi connectivity index (χ4n) is 3.28. The van der Waals surface area contributed by atoms with Gasteiger partial charge in [-0.05, 0) is 24.7 Å². The van der Waals surface area contributed by atoms with Gasteiger partial charge in [-0.3, -0.25) is 0 Å². The predicted octanol–water partition coefficient (Wildman–Crippen LogP) is 8.59. The summed E-state index contributed by atoms with van der Waals surface area (Å²) in [5.41, 5.74) is 0.376. The second kappa shape index (κ2) is 13.8. The van der Waals surface area contributed by atoms with Crippen LogP contribution in [0.5, 0.6) is 0 Å². The van der Waals surface area contributed by atoms with E-state index >= 15 is 0 Å². The highest BCUT2D eigenvalue weighted by Gasteiger charge is 2.40. The molecule has 0 heterocycles. The second-order valence-corrected chi connectivity index (χ2v) is 9.31. The molecule has 0 saturated carbocycles. The Bertz CT molecular complexity index is 409. The molecular formula is C22H40F6O2. The Kier molecular flexibility index (Phi) is 13.6. The number of halogens is 6. The topological polar surface area (TPSA) is 18.5 Å². The summed E-state index contributed by atoms with van der Waals surface area (Å²) in [5, 5.41) is 0. The number of ether oxygens (including phenoxy) is 2. The van der Waals surface area contributed by atoms with Crippen molar-refractivity contribution >= 4 is 0 Å². The van der Waals surface area contributed by atoms with Crippen LogP contribution < -0.4 is 0 Å². The predicted molar refractivity (Wildman–Crippen MR) is 107 cm³/mol. The van der Waals surface area contributed by atoms with Crippen LogP contribution in [0.15, 0.2) is 0 Å².